The van der Waals surface area contributed by atoms with Gasteiger partial charge in [0.15, 0.2) is 5.58 Å². The van der Waals surface area contributed by atoms with Crippen molar-refractivity contribution in [1.29, 1.82) is 0 Å². The molecular weight excluding hydrogens is 256 g/mol. The van der Waals surface area contributed by atoms with Gasteiger partial charge in [0.2, 0.25) is 5.89 Å². The van der Waals surface area contributed by atoms with Gasteiger partial charge in [0.1, 0.15) is 11.6 Å². The summed E-state index contributed by atoms with van der Waals surface area (Å²) in [4.78, 5) is 17.8. The normalized spacial score (nSPS) is 20.9. The zero-order valence-corrected chi connectivity index (χ0v) is 11.3. The number of aromatic nitrogens is 1. The van der Waals surface area contributed by atoms with Crippen LogP contribution < -0.4 is 0 Å². The lowest BCUT2D eigenvalue weighted by atomic mass is 10.1. The summed E-state index contributed by atoms with van der Waals surface area (Å²) < 4.78 is 5.69. The van der Waals surface area contributed by atoms with Crippen LogP contribution in [-0.2, 0) is 11.3 Å². The van der Waals surface area contributed by atoms with E-state index in [4.69, 9.17) is 4.42 Å². The fourth-order valence-electron chi connectivity index (χ4n) is 2.80. The molecule has 1 fully saturated rings. The highest BCUT2D eigenvalue weighted by Crippen LogP contribution is 2.21. The van der Waals surface area contributed by atoms with Gasteiger partial charge in [-0.15, -0.1) is 0 Å². The van der Waals surface area contributed by atoms with Crippen LogP contribution in [0.3, 0.4) is 0 Å². The van der Waals surface area contributed by atoms with E-state index in [2.05, 4.69) is 4.98 Å². The number of benzene rings is 1. The van der Waals surface area contributed by atoms with Crippen molar-refractivity contribution in [3.05, 3.63) is 30.2 Å². The molecule has 0 radical (unpaired) electrons. The molecule has 5 heteroatoms. The van der Waals surface area contributed by atoms with Gasteiger partial charge in [0, 0.05) is 0 Å². The lowest BCUT2D eigenvalue weighted by Gasteiger charge is -2.24. The number of hydrogen-bond donors (Lipinski definition) is 1. The molecule has 1 saturated heterocycles. The number of likely N-dealkylation sites (tertiary alicyclic amines) is 1. The standard InChI is InChI=1S/C15H18N2O3/c18-15(19)12-7-2-1-5-9-17(12)10-14-16-11-6-3-4-8-13(11)20-14/h3-4,6,8,12H,1-2,5,7,9-10H2,(H,18,19). The zero-order valence-electron chi connectivity index (χ0n) is 11.3. The molecule has 1 aliphatic heterocycles. The quantitative estimate of drug-likeness (QED) is 0.932. The topological polar surface area (TPSA) is 66.6 Å². The van der Waals surface area contributed by atoms with E-state index in [1.807, 2.05) is 29.2 Å². The van der Waals surface area contributed by atoms with Gasteiger partial charge in [-0.3, -0.25) is 9.69 Å². The first kappa shape index (κ1) is 13.1. The number of aliphatic carboxylic acids is 1. The third-order valence-electron chi connectivity index (χ3n) is 3.83. The smallest absolute Gasteiger partial charge is 0.320 e. The van der Waals surface area contributed by atoms with E-state index in [1.54, 1.807) is 0 Å². The third kappa shape index (κ3) is 2.67. The van der Waals surface area contributed by atoms with Crippen molar-refractivity contribution >= 4 is 17.1 Å². The maximum atomic E-state index is 11.4. The zero-order chi connectivity index (χ0) is 13.9. The molecule has 1 atom stereocenters. The van der Waals surface area contributed by atoms with Crippen LogP contribution in [-0.4, -0.2) is 33.5 Å². The minimum Gasteiger partial charge on any atom is -0.480 e. The second kappa shape index (κ2) is 5.63. The number of carboxylic acid groups (broad SMARTS) is 1. The van der Waals surface area contributed by atoms with Crippen molar-refractivity contribution in [2.24, 2.45) is 0 Å². The molecule has 0 spiro atoms. The van der Waals surface area contributed by atoms with E-state index in [0.717, 1.165) is 36.9 Å². The van der Waals surface area contributed by atoms with Crippen LogP contribution in [0, 0.1) is 0 Å². The predicted octanol–water partition coefficient (Wildman–Crippen LogP) is 2.66. The van der Waals surface area contributed by atoms with Crippen molar-refractivity contribution in [2.75, 3.05) is 6.54 Å². The number of oxazole rings is 1. The predicted molar refractivity (Wildman–Crippen MR) is 74.3 cm³/mol. The van der Waals surface area contributed by atoms with E-state index in [1.165, 1.54) is 0 Å². The van der Waals surface area contributed by atoms with Gasteiger partial charge in [-0.25, -0.2) is 4.98 Å². The maximum absolute atomic E-state index is 11.4. The third-order valence-corrected chi connectivity index (χ3v) is 3.83. The molecule has 106 valence electrons. The number of para-hydroxylation sites is 2. The summed E-state index contributed by atoms with van der Waals surface area (Å²) in [7, 11) is 0. The van der Waals surface area contributed by atoms with Crippen LogP contribution in [0.25, 0.3) is 11.1 Å². The average Bonchev–Trinajstić information content (AvgIpc) is 2.68. The first-order valence-corrected chi connectivity index (χ1v) is 7.05. The summed E-state index contributed by atoms with van der Waals surface area (Å²) in [5.41, 5.74) is 1.58. The molecule has 20 heavy (non-hydrogen) atoms. The Morgan fingerprint density at radius 3 is 3.00 bits per heavy atom. The second-order valence-corrected chi connectivity index (χ2v) is 5.25. The molecule has 1 aromatic carbocycles. The first-order chi connectivity index (χ1) is 9.74. The second-order valence-electron chi connectivity index (χ2n) is 5.25. The van der Waals surface area contributed by atoms with Crippen LogP contribution in [0.4, 0.5) is 0 Å². The molecule has 1 N–H and O–H groups in total. The number of carboxylic acids is 1. The number of hydrogen-bond acceptors (Lipinski definition) is 4. The van der Waals surface area contributed by atoms with Gasteiger partial charge >= 0.3 is 5.97 Å². The minimum absolute atomic E-state index is 0.424. The summed E-state index contributed by atoms with van der Waals surface area (Å²) >= 11 is 0. The van der Waals surface area contributed by atoms with Gasteiger partial charge in [0.05, 0.1) is 6.54 Å². The van der Waals surface area contributed by atoms with Gasteiger partial charge < -0.3 is 9.52 Å². The van der Waals surface area contributed by atoms with Crippen molar-refractivity contribution < 1.29 is 14.3 Å². The molecule has 1 aliphatic rings. The van der Waals surface area contributed by atoms with Crippen LogP contribution in [0.2, 0.25) is 0 Å². The largest absolute Gasteiger partial charge is 0.480 e. The van der Waals surface area contributed by atoms with E-state index in [9.17, 15) is 9.90 Å². The lowest BCUT2D eigenvalue weighted by Crippen LogP contribution is -2.40. The highest BCUT2D eigenvalue weighted by atomic mass is 16.4. The van der Waals surface area contributed by atoms with Crippen LogP contribution >= 0.6 is 0 Å². The Morgan fingerprint density at radius 2 is 2.20 bits per heavy atom. The van der Waals surface area contributed by atoms with E-state index in [-0.39, 0.29) is 0 Å². The Kier molecular flexibility index (Phi) is 3.69. The van der Waals surface area contributed by atoms with Gasteiger partial charge in [-0.05, 0) is 31.5 Å². The van der Waals surface area contributed by atoms with Crippen molar-refractivity contribution in [2.45, 2.75) is 38.3 Å². The molecule has 0 saturated carbocycles. The molecule has 2 heterocycles. The first-order valence-electron chi connectivity index (χ1n) is 7.05. The van der Waals surface area contributed by atoms with E-state index >= 15 is 0 Å². The molecule has 2 aromatic rings. The molecular formula is C15H18N2O3. The molecule has 5 nitrogen and oxygen atoms in total. The molecule has 0 bridgehead atoms. The van der Waals surface area contributed by atoms with E-state index in [0.29, 0.717) is 18.9 Å². The molecule has 0 amide bonds. The van der Waals surface area contributed by atoms with Crippen LogP contribution in [0.15, 0.2) is 28.7 Å². The Hall–Kier alpha value is -1.88. The summed E-state index contributed by atoms with van der Waals surface area (Å²) in [6.45, 7) is 1.25. The van der Waals surface area contributed by atoms with Crippen LogP contribution in [0.5, 0.6) is 0 Å². The number of carbonyl (C=O) groups is 1. The number of rotatable bonds is 3. The van der Waals surface area contributed by atoms with Crippen molar-refractivity contribution in [3.8, 4) is 0 Å². The van der Waals surface area contributed by atoms with Crippen molar-refractivity contribution in [3.63, 3.8) is 0 Å². The Bertz CT molecular complexity index is 575. The number of fused-ring (bicyclic) bond motifs is 1. The lowest BCUT2D eigenvalue weighted by molar-refractivity contribution is -0.143. The highest BCUT2D eigenvalue weighted by Gasteiger charge is 2.28. The fourth-order valence-corrected chi connectivity index (χ4v) is 2.80. The van der Waals surface area contributed by atoms with Gasteiger partial charge in [-0.2, -0.15) is 0 Å². The fraction of sp³-hybridized carbons (Fsp3) is 0.467. The van der Waals surface area contributed by atoms with E-state index < -0.39 is 12.0 Å². The van der Waals surface area contributed by atoms with Gasteiger partial charge in [0.25, 0.3) is 0 Å². The average molecular weight is 274 g/mol. The highest BCUT2D eigenvalue weighted by molar-refractivity contribution is 5.73. The number of nitrogens with zero attached hydrogens (tertiary/aromatic N) is 2. The van der Waals surface area contributed by atoms with Crippen molar-refractivity contribution in [1.82, 2.24) is 9.88 Å². The van der Waals surface area contributed by atoms with Crippen LogP contribution in [0.1, 0.15) is 31.6 Å². The summed E-state index contributed by atoms with van der Waals surface area (Å²) in [6, 6.07) is 7.18. The SMILES string of the molecule is O=C(O)C1CCCCCN1Cc1nc2ccccc2o1. The maximum Gasteiger partial charge on any atom is 0.320 e. The minimum atomic E-state index is -0.747. The molecule has 3 rings (SSSR count). The monoisotopic (exact) mass is 274 g/mol. The summed E-state index contributed by atoms with van der Waals surface area (Å²) in [5, 5.41) is 9.36. The molecule has 1 unspecified atom stereocenters. The summed E-state index contributed by atoms with van der Waals surface area (Å²) in [5.74, 6) is -0.151. The molecule has 0 aliphatic carbocycles. The van der Waals surface area contributed by atoms with Gasteiger partial charge in [-0.1, -0.05) is 25.0 Å². The summed E-state index contributed by atoms with van der Waals surface area (Å²) in [6.07, 6.45) is 3.80. The molecule has 1 aromatic heterocycles. The Balaban J connectivity index is 1.81. The Morgan fingerprint density at radius 1 is 1.35 bits per heavy atom. The Labute approximate surface area is 117 Å².